The second-order valence-corrected chi connectivity index (χ2v) is 21.3. The summed E-state index contributed by atoms with van der Waals surface area (Å²) in [6.45, 7) is 23.8. The molecule has 0 aliphatic heterocycles. The highest BCUT2D eigenvalue weighted by molar-refractivity contribution is 7.90. The van der Waals surface area contributed by atoms with E-state index in [1.807, 2.05) is 88.0 Å². The van der Waals surface area contributed by atoms with Crippen LogP contribution in [0.3, 0.4) is 0 Å². The summed E-state index contributed by atoms with van der Waals surface area (Å²) in [6.07, 6.45) is 3.58. The van der Waals surface area contributed by atoms with Crippen LogP contribution in [0.1, 0.15) is 92.6 Å². The van der Waals surface area contributed by atoms with Gasteiger partial charge in [-0.2, -0.15) is 5.10 Å². The third kappa shape index (κ3) is 8.54. The number of ether oxygens (including phenoxy) is 1. The summed E-state index contributed by atoms with van der Waals surface area (Å²) in [7, 11) is -1.93. The maximum absolute atomic E-state index is 13.0. The largest absolute Gasteiger partial charge is 0.598 e. The summed E-state index contributed by atoms with van der Waals surface area (Å²) in [6, 6.07) is 16.0. The number of hydrogen-bond donors (Lipinski definition) is 1. The first-order valence-electron chi connectivity index (χ1n) is 15.9. The Hall–Kier alpha value is -2.76. The second-order valence-electron chi connectivity index (χ2n) is 14.5. The van der Waals surface area contributed by atoms with E-state index in [-0.39, 0.29) is 21.9 Å². The molecule has 1 aromatic carbocycles. The average molecular weight is 650 g/mol. The van der Waals surface area contributed by atoms with Crippen LogP contribution in [-0.4, -0.2) is 43.5 Å². The molecule has 0 unspecified atom stereocenters. The van der Waals surface area contributed by atoms with Gasteiger partial charge in [0, 0.05) is 16.9 Å². The Morgan fingerprint density at radius 1 is 1.00 bits per heavy atom. The van der Waals surface area contributed by atoms with Crippen molar-refractivity contribution in [2.45, 2.75) is 117 Å². The van der Waals surface area contributed by atoms with E-state index >= 15 is 0 Å². The lowest BCUT2D eigenvalue weighted by molar-refractivity contribution is 0.245. The third-order valence-corrected chi connectivity index (χ3v) is 14.3. The topological polar surface area (TPSA) is 97.1 Å². The Balaban J connectivity index is 1.75. The summed E-state index contributed by atoms with van der Waals surface area (Å²) in [5.41, 5.74) is 4.33. The number of hydrogen-bond acceptors (Lipinski definition) is 7. The number of pyridine rings is 2. The maximum Gasteiger partial charge on any atom is 0.192 e. The van der Waals surface area contributed by atoms with E-state index in [0.29, 0.717) is 12.4 Å². The van der Waals surface area contributed by atoms with Crippen LogP contribution >= 0.6 is 0 Å². The lowest BCUT2D eigenvalue weighted by Crippen LogP contribution is -2.41. The van der Waals surface area contributed by atoms with Crippen LogP contribution < -0.4 is 9.46 Å². The summed E-state index contributed by atoms with van der Waals surface area (Å²) in [4.78, 5) is 10.0. The standard InChI is InChI=1S/C35H51N5O3SSi/c1-12-15-30(39-44(41)34(4,5)6)29-18-14-17-28(38-29)25-20-31-27(32(21-25)43-24(2)3)22-36-40(31)33-19-13-16-26(37-33)23-42-45(10,11)35(7,8)9/h13-14,16-22,24,30,39H,12,15,23H2,1-11H3/t30-,44+/m0/s1. The van der Waals surface area contributed by atoms with Crippen molar-refractivity contribution in [3.8, 4) is 22.8 Å². The molecule has 10 heteroatoms. The molecule has 0 aliphatic carbocycles. The van der Waals surface area contributed by atoms with Crippen molar-refractivity contribution in [3.63, 3.8) is 0 Å². The highest BCUT2D eigenvalue weighted by Gasteiger charge is 2.37. The van der Waals surface area contributed by atoms with Gasteiger partial charge in [-0.15, -0.1) is 4.72 Å². The molecule has 3 aromatic heterocycles. The lowest BCUT2D eigenvalue weighted by Gasteiger charge is -2.36. The van der Waals surface area contributed by atoms with Gasteiger partial charge in [-0.1, -0.05) is 46.2 Å². The van der Waals surface area contributed by atoms with Gasteiger partial charge in [0.2, 0.25) is 0 Å². The fourth-order valence-electron chi connectivity index (χ4n) is 4.58. The zero-order valence-corrected chi connectivity index (χ0v) is 30.7. The predicted octanol–water partition coefficient (Wildman–Crippen LogP) is 8.68. The molecule has 0 saturated heterocycles. The Morgan fingerprint density at radius 2 is 1.71 bits per heavy atom. The van der Waals surface area contributed by atoms with Crippen molar-refractivity contribution in [1.82, 2.24) is 24.5 Å². The average Bonchev–Trinajstić information content (AvgIpc) is 3.39. The second kappa shape index (κ2) is 13.9. The van der Waals surface area contributed by atoms with Crippen LogP contribution in [0.25, 0.3) is 28.0 Å². The van der Waals surface area contributed by atoms with Crippen LogP contribution in [0.15, 0.2) is 54.7 Å². The number of fused-ring (bicyclic) bond motifs is 1. The minimum atomic E-state index is -1.93. The molecule has 0 saturated carbocycles. The van der Waals surface area contributed by atoms with Crippen LogP contribution in [0.4, 0.5) is 0 Å². The molecular formula is C35H51N5O3SSi. The van der Waals surface area contributed by atoms with Crippen molar-refractivity contribution >= 4 is 30.6 Å². The third-order valence-electron chi connectivity index (χ3n) is 8.22. The summed E-state index contributed by atoms with van der Waals surface area (Å²) >= 11 is -1.22. The van der Waals surface area contributed by atoms with E-state index in [9.17, 15) is 4.55 Å². The lowest BCUT2D eigenvalue weighted by atomic mass is 10.1. The zero-order valence-electron chi connectivity index (χ0n) is 28.9. The van der Waals surface area contributed by atoms with Crippen LogP contribution in [-0.2, 0) is 22.4 Å². The van der Waals surface area contributed by atoms with E-state index in [1.54, 1.807) is 0 Å². The summed E-state index contributed by atoms with van der Waals surface area (Å²) < 4.78 is 30.6. The highest BCUT2D eigenvalue weighted by Crippen LogP contribution is 2.37. The fraction of sp³-hybridized carbons (Fsp3) is 0.514. The van der Waals surface area contributed by atoms with Crippen LogP contribution in [0.5, 0.6) is 5.75 Å². The van der Waals surface area contributed by atoms with E-state index in [2.05, 4.69) is 51.6 Å². The number of aromatic nitrogens is 4. The van der Waals surface area contributed by atoms with Gasteiger partial charge in [-0.3, -0.25) is 4.98 Å². The van der Waals surface area contributed by atoms with Gasteiger partial charge in [-0.25, -0.2) is 9.67 Å². The SMILES string of the molecule is CCC[C@H](N[S@+]([O-])C(C)(C)C)c1cccc(-c2cc(OC(C)C)c3cnn(-c4cccc(CO[Si](C)(C)C(C)(C)C)n4)c3c2)n1. The molecular weight excluding hydrogens is 599 g/mol. The quantitative estimate of drug-likeness (QED) is 0.121. The van der Waals surface area contributed by atoms with E-state index in [1.165, 1.54) is 0 Å². The number of nitrogens with zero attached hydrogens (tertiary/aromatic N) is 4. The molecule has 0 amide bonds. The van der Waals surface area contributed by atoms with Gasteiger partial charge < -0.3 is 13.7 Å². The van der Waals surface area contributed by atoms with Crippen molar-refractivity contribution < 1.29 is 13.7 Å². The summed E-state index contributed by atoms with van der Waals surface area (Å²) in [5.74, 6) is 1.46. The molecule has 45 heavy (non-hydrogen) atoms. The minimum Gasteiger partial charge on any atom is -0.598 e. The molecule has 4 rings (SSSR count). The molecule has 0 aliphatic rings. The molecule has 244 valence electrons. The molecule has 4 aromatic rings. The van der Waals surface area contributed by atoms with Crippen LogP contribution in [0, 0.1) is 0 Å². The van der Waals surface area contributed by atoms with Gasteiger partial charge in [0.05, 0.1) is 52.9 Å². The predicted molar refractivity (Wildman–Crippen MR) is 189 cm³/mol. The maximum atomic E-state index is 13.0. The number of nitrogens with one attached hydrogen (secondary N) is 1. The van der Waals surface area contributed by atoms with Gasteiger partial charge in [0.15, 0.2) is 14.1 Å². The smallest absolute Gasteiger partial charge is 0.192 e. The first-order chi connectivity index (χ1) is 21.0. The van der Waals surface area contributed by atoms with Crippen molar-refractivity contribution in [2.75, 3.05) is 0 Å². The minimum absolute atomic E-state index is 0.0226. The molecule has 0 spiro atoms. The molecule has 0 radical (unpaired) electrons. The highest BCUT2D eigenvalue weighted by atomic mass is 32.2. The number of benzene rings is 1. The molecule has 1 N–H and O–H groups in total. The monoisotopic (exact) mass is 649 g/mol. The van der Waals surface area contributed by atoms with E-state index in [0.717, 1.165) is 52.1 Å². The molecule has 2 atom stereocenters. The Labute approximate surface area is 273 Å². The van der Waals surface area contributed by atoms with Crippen LogP contribution in [0.2, 0.25) is 18.1 Å². The Morgan fingerprint density at radius 3 is 2.36 bits per heavy atom. The summed E-state index contributed by atoms with van der Waals surface area (Å²) in [5, 5.41) is 5.78. The van der Waals surface area contributed by atoms with Gasteiger partial charge in [0.1, 0.15) is 10.5 Å². The van der Waals surface area contributed by atoms with Gasteiger partial charge in [0.25, 0.3) is 0 Å². The molecule has 8 nitrogen and oxygen atoms in total. The first kappa shape index (κ1) is 35.1. The van der Waals surface area contributed by atoms with Crippen molar-refractivity contribution in [1.29, 1.82) is 0 Å². The van der Waals surface area contributed by atoms with Gasteiger partial charge >= 0.3 is 0 Å². The Kier molecular flexibility index (Phi) is 10.9. The fourth-order valence-corrected chi connectivity index (χ4v) is 6.37. The molecule has 3 heterocycles. The molecule has 0 bridgehead atoms. The van der Waals surface area contributed by atoms with Crippen molar-refractivity contribution in [3.05, 3.63) is 66.1 Å². The van der Waals surface area contributed by atoms with Gasteiger partial charge in [-0.05, 0) is 95.6 Å². The zero-order chi connectivity index (χ0) is 33.2. The molecule has 0 fully saturated rings. The van der Waals surface area contributed by atoms with E-state index < -0.39 is 19.7 Å². The number of rotatable bonds is 12. The normalized spacial score (nSPS) is 14.2. The Bertz CT molecular complexity index is 1590. The first-order valence-corrected chi connectivity index (χ1v) is 20.0. The van der Waals surface area contributed by atoms with E-state index in [4.69, 9.17) is 24.2 Å². The van der Waals surface area contributed by atoms with Crippen molar-refractivity contribution in [2.24, 2.45) is 0 Å².